The Morgan fingerprint density at radius 3 is 2.33 bits per heavy atom. The lowest BCUT2D eigenvalue weighted by atomic mass is 9.87. The second-order valence-corrected chi connectivity index (χ2v) is 10.3. The molecule has 1 aliphatic carbocycles. The van der Waals surface area contributed by atoms with Gasteiger partial charge in [0.05, 0.1) is 18.2 Å². The molecule has 1 aromatic rings. The molecule has 33 heavy (non-hydrogen) atoms. The largest absolute Gasteiger partial charge is 0.471 e. The third-order valence-corrected chi connectivity index (χ3v) is 6.73. The molecule has 3 atom stereocenters. The molecule has 1 spiro atoms. The van der Waals surface area contributed by atoms with Crippen molar-refractivity contribution in [3.05, 3.63) is 35.9 Å². The van der Waals surface area contributed by atoms with Gasteiger partial charge in [-0.15, -0.1) is 0 Å². The number of hydrogen-bond acceptors (Lipinski definition) is 4. The SMILES string of the molecule is CC(C)(C)OC(=O)N1CCC2(CC1)CC(N(C(=O)C(F)(F)F)[C@@H]1C[C@H]1c1ccccc1)CO2. The molecule has 1 unspecified atom stereocenters. The van der Waals surface area contributed by atoms with Crippen LogP contribution in [0.3, 0.4) is 0 Å². The van der Waals surface area contributed by atoms with Crippen molar-refractivity contribution in [1.82, 2.24) is 9.80 Å². The van der Waals surface area contributed by atoms with Gasteiger partial charge in [-0.1, -0.05) is 30.3 Å². The first kappa shape index (κ1) is 23.9. The van der Waals surface area contributed by atoms with E-state index in [0.29, 0.717) is 38.8 Å². The van der Waals surface area contributed by atoms with E-state index in [2.05, 4.69) is 0 Å². The zero-order chi connectivity index (χ0) is 24.0. The second-order valence-electron chi connectivity index (χ2n) is 10.3. The Morgan fingerprint density at radius 1 is 1.12 bits per heavy atom. The third kappa shape index (κ3) is 5.28. The molecule has 2 saturated heterocycles. The maximum Gasteiger partial charge on any atom is 0.471 e. The van der Waals surface area contributed by atoms with Crippen LogP contribution < -0.4 is 0 Å². The Hall–Kier alpha value is -2.29. The lowest BCUT2D eigenvalue weighted by molar-refractivity contribution is -0.188. The quantitative estimate of drug-likeness (QED) is 0.656. The van der Waals surface area contributed by atoms with Crippen LogP contribution in [0.2, 0.25) is 0 Å². The van der Waals surface area contributed by atoms with E-state index in [-0.39, 0.29) is 12.5 Å². The number of likely N-dealkylation sites (tertiary alicyclic amines) is 1. The molecule has 0 bridgehead atoms. The van der Waals surface area contributed by atoms with Gasteiger partial charge in [-0.3, -0.25) is 4.79 Å². The summed E-state index contributed by atoms with van der Waals surface area (Å²) < 4.78 is 51.9. The number of nitrogens with zero attached hydrogens (tertiary/aromatic N) is 2. The lowest BCUT2D eigenvalue weighted by Crippen LogP contribution is -2.51. The van der Waals surface area contributed by atoms with E-state index in [9.17, 15) is 22.8 Å². The summed E-state index contributed by atoms with van der Waals surface area (Å²) >= 11 is 0. The minimum atomic E-state index is -4.93. The molecule has 0 N–H and O–H groups in total. The number of rotatable bonds is 3. The van der Waals surface area contributed by atoms with Gasteiger partial charge < -0.3 is 19.3 Å². The van der Waals surface area contributed by atoms with Gasteiger partial charge in [0.1, 0.15) is 5.60 Å². The van der Waals surface area contributed by atoms with E-state index in [1.807, 2.05) is 30.3 Å². The monoisotopic (exact) mass is 468 g/mol. The minimum Gasteiger partial charge on any atom is -0.444 e. The summed E-state index contributed by atoms with van der Waals surface area (Å²) in [5.41, 5.74) is -0.273. The molecular formula is C24H31F3N2O4. The number of alkyl halides is 3. The number of ether oxygens (including phenoxy) is 2. The number of amides is 2. The van der Waals surface area contributed by atoms with Gasteiger partial charge in [0.2, 0.25) is 0 Å². The molecule has 3 fully saturated rings. The van der Waals surface area contributed by atoms with Crippen LogP contribution in [0.15, 0.2) is 30.3 Å². The predicted octanol–water partition coefficient (Wildman–Crippen LogP) is 4.49. The Labute approximate surface area is 192 Å². The van der Waals surface area contributed by atoms with Gasteiger partial charge >= 0.3 is 18.2 Å². The molecular weight excluding hydrogens is 437 g/mol. The van der Waals surface area contributed by atoms with Crippen LogP contribution in [0, 0.1) is 0 Å². The van der Waals surface area contributed by atoms with E-state index in [4.69, 9.17) is 9.47 Å². The van der Waals surface area contributed by atoms with Gasteiger partial charge in [-0.2, -0.15) is 13.2 Å². The smallest absolute Gasteiger partial charge is 0.444 e. The summed E-state index contributed by atoms with van der Waals surface area (Å²) in [6.45, 7) is 6.29. The molecule has 1 saturated carbocycles. The maximum absolute atomic E-state index is 13.5. The summed E-state index contributed by atoms with van der Waals surface area (Å²) in [6, 6.07) is 8.23. The summed E-state index contributed by atoms with van der Waals surface area (Å²) in [5.74, 6) is -1.88. The first-order chi connectivity index (χ1) is 15.4. The van der Waals surface area contributed by atoms with Crippen molar-refractivity contribution >= 4 is 12.0 Å². The fourth-order valence-electron chi connectivity index (χ4n) is 5.05. The molecule has 2 heterocycles. The molecule has 2 amide bonds. The van der Waals surface area contributed by atoms with Crippen LogP contribution in [-0.2, 0) is 14.3 Å². The first-order valence-electron chi connectivity index (χ1n) is 11.4. The number of halogens is 3. The summed E-state index contributed by atoms with van der Waals surface area (Å²) in [7, 11) is 0. The highest BCUT2D eigenvalue weighted by Crippen LogP contribution is 2.49. The highest BCUT2D eigenvalue weighted by atomic mass is 19.4. The van der Waals surface area contributed by atoms with Gasteiger partial charge in [0.25, 0.3) is 0 Å². The second kappa shape index (κ2) is 8.49. The summed E-state index contributed by atoms with van der Waals surface area (Å²) in [4.78, 5) is 27.4. The van der Waals surface area contributed by atoms with E-state index in [0.717, 1.165) is 10.5 Å². The van der Waals surface area contributed by atoms with Crippen LogP contribution in [0.25, 0.3) is 0 Å². The van der Waals surface area contributed by atoms with Crippen molar-refractivity contribution < 1.29 is 32.2 Å². The van der Waals surface area contributed by atoms with Crippen LogP contribution in [0.4, 0.5) is 18.0 Å². The zero-order valence-electron chi connectivity index (χ0n) is 19.2. The Bertz CT molecular complexity index is 876. The van der Waals surface area contributed by atoms with Crippen molar-refractivity contribution in [2.75, 3.05) is 19.7 Å². The average Bonchev–Trinajstić information content (AvgIpc) is 3.42. The van der Waals surface area contributed by atoms with Gasteiger partial charge in [0.15, 0.2) is 0 Å². The zero-order valence-corrected chi connectivity index (χ0v) is 19.2. The molecule has 2 aliphatic heterocycles. The number of benzene rings is 1. The number of carbonyl (C=O) groups excluding carboxylic acids is 2. The fourth-order valence-corrected chi connectivity index (χ4v) is 5.05. The van der Waals surface area contributed by atoms with Crippen LogP contribution in [0.1, 0.15) is 57.9 Å². The van der Waals surface area contributed by atoms with Crippen molar-refractivity contribution in [2.45, 2.75) is 81.8 Å². The van der Waals surface area contributed by atoms with E-state index < -0.39 is 41.5 Å². The molecule has 4 rings (SSSR count). The highest BCUT2D eigenvalue weighted by molar-refractivity contribution is 5.83. The molecule has 3 aliphatic rings. The number of carbonyl (C=O) groups is 2. The van der Waals surface area contributed by atoms with Crippen molar-refractivity contribution in [3.63, 3.8) is 0 Å². The van der Waals surface area contributed by atoms with Gasteiger partial charge in [0, 0.05) is 25.0 Å². The molecule has 0 radical (unpaired) electrons. The molecule has 1 aromatic carbocycles. The topological polar surface area (TPSA) is 59.1 Å². The Balaban J connectivity index is 1.43. The maximum atomic E-state index is 13.5. The predicted molar refractivity (Wildman–Crippen MR) is 115 cm³/mol. The normalized spacial score (nSPS) is 26.8. The first-order valence-corrected chi connectivity index (χ1v) is 11.4. The minimum absolute atomic E-state index is 0.0757. The van der Waals surface area contributed by atoms with Crippen LogP contribution in [0.5, 0.6) is 0 Å². The molecule has 9 heteroatoms. The summed E-state index contributed by atoms with van der Waals surface area (Å²) in [6.07, 6.45) is -3.46. The van der Waals surface area contributed by atoms with Crippen molar-refractivity contribution in [1.29, 1.82) is 0 Å². The van der Waals surface area contributed by atoms with E-state index in [1.54, 1.807) is 25.7 Å². The fraction of sp³-hybridized carbons (Fsp3) is 0.667. The number of hydrogen-bond donors (Lipinski definition) is 0. The van der Waals surface area contributed by atoms with Crippen LogP contribution >= 0.6 is 0 Å². The lowest BCUT2D eigenvalue weighted by Gasteiger charge is -2.39. The van der Waals surface area contributed by atoms with E-state index >= 15 is 0 Å². The van der Waals surface area contributed by atoms with Crippen molar-refractivity contribution in [2.24, 2.45) is 0 Å². The van der Waals surface area contributed by atoms with Gasteiger partial charge in [-0.05, 0) is 52.0 Å². The Morgan fingerprint density at radius 2 is 1.76 bits per heavy atom. The Kier molecular flexibility index (Phi) is 6.14. The highest BCUT2D eigenvalue weighted by Gasteiger charge is 2.57. The molecule has 182 valence electrons. The number of piperidine rings is 1. The van der Waals surface area contributed by atoms with E-state index in [1.165, 1.54) is 0 Å². The summed E-state index contributed by atoms with van der Waals surface area (Å²) in [5, 5.41) is 0. The average molecular weight is 469 g/mol. The van der Waals surface area contributed by atoms with Crippen molar-refractivity contribution in [3.8, 4) is 0 Å². The van der Waals surface area contributed by atoms with Crippen LogP contribution in [-0.4, -0.2) is 71.0 Å². The molecule has 6 nitrogen and oxygen atoms in total. The third-order valence-electron chi connectivity index (χ3n) is 6.73. The molecule has 0 aromatic heterocycles. The van der Waals surface area contributed by atoms with Gasteiger partial charge in [-0.25, -0.2) is 4.79 Å². The standard InChI is InChI=1S/C24H31F3N2O4/c1-22(2,3)33-21(31)28-11-9-23(10-12-28)14-17(15-32-23)29(20(30)24(25,26)27)19-13-18(19)16-7-5-4-6-8-16/h4-8,17-19H,9-15H2,1-3H3/t17?,18-,19+/m0/s1.